The molecule has 102 valence electrons. The van der Waals surface area contributed by atoms with Crippen LogP contribution in [0.2, 0.25) is 0 Å². The molecule has 0 bridgehead atoms. The predicted octanol–water partition coefficient (Wildman–Crippen LogP) is 4.72. The number of halogens is 2. The molecule has 0 saturated heterocycles. The number of benzene rings is 2. The number of hydrogen-bond acceptors (Lipinski definition) is 4. The van der Waals surface area contributed by atoms with Crippen LogP contribution in [0.25, 0.3) is 0 Å². The first-order valence-electron chi connectivity index (χ1n) is 5.38. The highest BCUT2D eigenvalue weighted by atomic mass is 79.9. The van der Waals surface area contributed by atoms with Crippen LogP contribution < -0.4 is 4.74 Å². The van der Waals surface area contributed by atoms with Crippen LogP contribution in [0.15, 0.2) is 45.3 Å². The zero-order chi connectivity index (χ0) is 14.7. The van der Waals surface area contributed by atoms with E-state index in [2.05, 4.69) is 31.9 Å². The molecule has 0 spiro atoms. The van der Waals surface area contributed by atoms with Crippen molar-refractivity contribution >= 4 is 43.8 Å². The average Bonchev–Trinajstić information content (AvgIpc) is 2.42. The first-order chi connectivity index (χ1) is 9.52. The summed E-state index contributed by atoms with van der Waals surface area (Å²) in [4.78, 5) is 21.2. The van der Waals surface area contributed by atoms with Gasteiger partial charge in [0, 0.05) is 12.1 Å². The van der Waals surface area contributed by atoms with Crippen molar-refractivity contribution in [3.05, 3.63) is 61.0 Å². The third-order valence-corrected chi connectivity index (χ3v) is 3.63. The lowest BCUT2D eigenvalue weighted by Crippen LogP contribution is -1.94. The van der Waals surface area contributed by atoms with Crippen LogP contribution >= 0.6 is 31.9 Å². The molecule has 0 heterocycles. The fourth-order valence-corrected chi connectivity index (χ4v) is 2.85. The molecule has 2 aromatic carbocycles. The molecule has 20 heavy (non-hydrogen) atoms. The van der Waals surface area contributed by atoms with Crippen LogP contribution in [0.5, 0.6) is 11.5 Å². The maximum Gasteiger partial charge on any atom is 0.271 e. The van der Waals surface area contributed by atoms with E-state index in [-0.39, 0.29) is 5.69 Å². The van der Waals surface area contributed by atoms with Gasteiger partial charge in [-0.1, -0.05) is 12.1 Å². The fraction of sp³-hybridized carbons (Fsp3) is 0. The van der Waals surface area contributed by atoms with Crippen LogP contribution in [0.3, 0.4) is 0 Å². The Morgan fingerprint density at radius 2 is 1.75 bits per heavy atom. The Morgan fingerprint density at radius 3 is 2.30 bits per heavy atom. The maximum absolute atomic E-state index is 10.9. The quantitative estimate of drug-likeness (QED) is 0.422. The van der Waals surface area contributed by atoms with Gasteiger partial charge in [0.15, 0.2) is 12.0 Å². The highest BCUT2D eigenvalue weighted by molar-refractivity contribution is 9.11. The van der Waals surface area contributed by atoms with Crippen LogP contribution in [-0.2, 0) is 0 Å². The largest absolute Gasteiger partial charge is 0.454 e. The van der Waals surface area contributed by atoms with E-state index in [1.807, 2.05) is 0 Å². The molecule has 0 radical (unpaired) electrons. The molecule has 5 nitrogen and oxygen atoms in total. The lowest BCUT2D eigenvalue weighted by molar-refractivity contribution is -0.385. The molecule has 0 saturated carbocycles. The second kappa shape index (κ2) is 6.15. The van der Waals surface area contributed by atoms with E-state index in [1.165, 1.54) is 12.1 Å². The second-order valence-electron chi connectivity index (χ2n) is 3.75. The van der Waals surface area contributed by atoms with Gasteiger partial charge in [-0.05, 0) is 44.0 Å². The number of carbonyl (C=O) groups excluding carboxylic acids is 1. The summed E-state index contributed by atoms with van der Waals surface area (Å²) in [7, 11) is 0. The minimum absolute atomic E-state index is 0.0697. The zero-order valence-electron chi connectivity index (χ0n) is 9.88. The molecule has 0 atom stereocenters. The van der Waals surface area contributed by atoms with Crippen LogP contribution in [-0.4, -0.2) is 11.2 Å². The van der Waals surface area contributed by atoms with Gasteiger partial charge in [0.25, 0.3) is 5.69 Å². The third-order valence-electron chi connectivity index (χ3n) is 2.45. The van der Waals surface area contributed by atoms with Crippen molar-refractivity contribution in [1.82, 2.24) is 0 Å². The Kier molecular flexibility index (Phi) is 4.51. The molecule has 2 aromatic rings. The van der Waals surface area contributed by atoms with Crippen molar-refractivity contribution in [2.75, 3.05) is 0 Å². The van der Waals surface area contributed by atoms with Gasteiger partial charge in [-0.25, -0.2) is 0 Å². The fourth-order valence-electron chi connectivity index (χ4n) is 1.53. The number of nitro groups is 1. The van der Waals surface area contributed by atoms with Crippen LogP contribution in [0, 0.1) is 10.1 Å². The molecule has 2 rings (SSSR count). The summed E-state index contributed by atoms with van der Waals surface area (Å²) in [6.07, 6.45) is 0.683. The molecular weight excluding hydrogens is 394 g/mol. The van der Waals surface area contributed by atoms with Gasteiger partial charge in [-0.2, -0.15) is 0 Å². The Balaban J connectivity index is 2.44. The summed E-state index contributed by atoms with van der Waals surface area (Å²) in [6.45, 7) is 0. The molecule has 0 amide bonds. The molecule has 0 aliphatic carbocycles. The first kappa shape index (κ1) is 14.7. The van der Waals surface area contributed by atoms with E-state index in [0.29, 0.717) is 32.3 Å². The van der Waals surface area contributed by atoms with Crippen molar-refractivity contribution in [2.45, 2.75) is 0 Å². The lowest BCUT2D eigenvalue weighted by atomic mass is 10.2. The topological polar surface area (TPSA) is 69.4 Å². The van der Waals surface area contributed by atoms with Crippen molar-refractivity contribution in [3.63, 3.8) is 0 Å². The monoisotopic (exact) mass is 399 g/mol. The van der Waals surface area contributed by atoms with Gasteiger partial charge < -0.3 is 4.74 Å². The standard InChI is InChI=1S/C13H7Br2NO4/c14-10-5-9(16(18)19)6-11(15)13(10)20-12-4-2-1-3-8(12)7-17/h1-7H. The highest BCUT2D eigenvalue weighted by Crippen LogP contribution is 2.40. The van der Waals surface area contributed by atoms with E-state index >= 15 is 0 Å². The molecule has 0 aromatic heterocycles. The van der Waals surface area contributed by atoms with Crippen molar-refractivity contribution in [3.8, 4) is 11.5 Å². The summed E-state index contributed by atoms with van der Waals surface area (Å²) in [6, 6.07) is 9.39. The maximum atomic E-state index is 10.9. The highest BCUT2D eigenvalue weighted by Gasteiger charge is 2.16. The van der Waals surface area contributed by atoms with Gasteiger partial charge in [0.1, 0.15) is 5.75 Å². The van der Waals surface area contributed by atoms with E-state index in [4.69, 9.17) is 4.74 Å². The predicted molar refractivity (Wildman–Crippen MR) is 80.4 cm³/mol. The van der Waals surface area contributed by atoms with Crippen LogP contribution in [0.4, 0.5) is 5.69 Å². The molecular formula is C13H7Br2NO4. The molecule has 0 N–H and O–H groups in total. The summed E-state index contributed by atoms with van der Waals surface area (Å²) in [5.41, 5.74) is 0.324. The normalized spacial score (nSPS) is 10.1. The number of hydrogen-bond donors (Lipinski definition) is 0. The first-order valence-corrected chi connectivity index (χ1v) is 6.97. The average molecular weight is 401 g/mol. The zero-order valence-corrected chi connectivity index (χ0v) is 13.0. The van der Waals surface area contributed by atoms with Crippen LogP contribution in [0.1, 0.15) is 10.4 Å². The number of nitro benzene ring substituents is 1. The van der Waals surface area contributed by atoms with Crippen molar-refractivity contribution in [2.24, 2.45) is 0 Å². The molecule has 0 aliphatic rings. The Hall–Kier alpha value is -1.73. The smallest absolute Gasteiger partial charge is 0.271 e. The molecule has 0 fully saturated rings. The minimum Gasteiger partial charge on any atom is -0.454 e. The minimum atomic E-state index is -0.501. The number of carbonyl (C=O) groups is 1. The van der Waals surface area contributed by atoms with Gasteiger partial charge in [-0.15, -0.1) is 0 Å². The van der Waals surface area contributed by atoms with Gasteiger partial charge in [-0.3, -0.25) is 14.9 Å². The Bertz CT molecular complexity index is 665. The number of rotatable bonds is 4. The summed E-state index contributed by atoms with van der Waals surface area (Å²) >= 11 is 6.44. The second-order valence-corrected chi connectivity index (χ2v) is 5.46. The molecule has 0 aliphatic heterocycles. The Labute approximate surface area is 131 Å². The summed E-state index contributed by atoms with van der Waals surface area (Å²) in [5, 5.41) is 10.8. The van der Waals surface area contributed by atoms with Gasteiger partial charge in [0.2, 0.25) is 0 Å². The summed E-state index contributed by atoms with van der Waals surface area (Å²) < 4.78 is 6.48. The number of ether oxygens (including phenoxy) is 1. The Morgan fingerprint density at radius 1 is 1.15 bits per heavy atom. The number of aldehydes is 1. The number of non-ortho nitro benzene ring substituents is 1. The van der Waals surface area contributed by atoms with E-state index in [0.717, 1.165) is 0 Å². The molecule has 7 heteroatoms. The third kappa shape index (κ3) is 3.05. The van der Waals surface area contributed by atoms with Gasteiger partial charge >= 0.3 is 0 Å². The van der Waals surface area contributed by atoms with E-state index in [9.17, 15) is 14.9 Å². The molecule has 0 unspecified atom stereocenters. The van der Waals surface area contributed by atoms with Crippen molar-refractivity contribution < 1.29 is 14.5 Å². The summed E-state index contributed by atoms with van der Waals surface area (Å²) in [5.74, 6) is 0.739. The number of para-hydroxylation sites is 1. The van der Waals surface area contributed by atoms with E-state index in [1.54, 1.807) is 24.3 Å². The van der Waals surface area contributed by atoms with Crippen molar-refractivity contribution in [1.29, 1.82) is 0 Å². The number of nitrogens with zero attached hydrogens (tertiary/aromatic N) is 1. The van der Waals surface area contributed by atoms with Gasteiger partial charge in [0.05, 0.1) is 19.4 Å². The SMILES string of the molecule is O=Cc1ccccc1Oc1c(Br)cc([N+](=O)[O-])cc1Br. The lowest BCUT2D eigenvalue weighted by Gasteiger charge is -2.11. The van der Waals surface area contributed by atoms with E-state index < -0.39 is 4.92 Å².